The van der Waals surface area contributed by atoms with Crippen molar-refractivity contribution in [2.75, 3.05) is 6.54 Å². The smallest absolute Gasteiger partial charge is 0.180 e. The van der Waals surface area contributed by atoms with Gasteiger partial charge in [0.2, 0.25) is 0 Å². The average molecular weight is 183 g/mol. The Morgan fingerprint density at radius 1 is 1.75 bits per heavy atom. The average Bonchev–Trinajstić information content (AvgIpc) is 1.68. The third-order valence-electron chi connectivity index (χ3n) is 0.468. The third-order valence-corrected chi connectivity index (χ3v) is 0.731. The van der Waals surface area contributed by atoms with Crippen molar-refractivity contribution in [3.05, 3.63) is 0 Å². The van der Waals surface area contributed by atoms with Gasteiger partial charge in [-0.1, -0.05) is 0 Å². The van der Waals surface area contributed by atoms with Crippen LogP contribution in [0.2, 0.25) is 0 Å². The molecule has 0 unspecified atom stereocenters. The van der Waals surface area contributed by atoms with Crippen molar-refractivity contribution in [3.63, 3.8) is 0 Å². The molecular weight excluding hydrogens is 174 g/mol. The molecule has 0 aliphatic heterocycles. The number of hydrogen-bond acceptors (Lipinski definition) is 2. The topological polar surface area (TPSA) is 50.1 Å². The van der Waals surface area contributed by atoms with Gasteiger partial charge < -0.3 is 10.7 Å². The first-order valence-corrected chi connectivity index (χ1v) is 2.46. The molecule has 0 saturated heterocycles. The number of hydrazine groups is 1. The molecule has 0 aliphatic carbocycles. The summed E-state index contributed by atoms with van der Waals surface area (Å²) in [4.78, 5) is 0. The van der Waals surface area contributed by atoms with E-state index in [1.54, 1.807) is 0 Å². The molecule has 0 aromatic carbocycles. The number of thiocarbonyl (C=S) groups is 1. The first-order valence-electron chi connectivity index (χ1n) is 2.05. The molecule has 0 aliphatic rings. The standard InChI is InChI=1S/C3H9N3S.Cu/c1-2-5-3(7)6-4;/h2,4H2,1H3,(H2,5,6,7);. The van der Waals surface area contributed by atoms with Crippen molar-refractivity contribution >= 4 is 17.3 Å². The van der Waals surface area contributed by atoms with Crippen molar-refractivity contribution in [3.8, 4) is 0 Å². The molecule has 0 bridgehead atoms. The Bertz CT molecular complexity index is 67.5. The molecule has 53 valence electrons. The maximum Gasteiger partial charge on any atom is 0.180 e. The second-order valence-electron chi connectivity index (χ2n) is 1.00. The van der Waals surface area contributed by atoms with Crippen molar-refractivity contribution in [2.24, 2.45) is 5.84 Å². The van der Waals surface area contributed by atoms with E-state index >= 15 is 0 Å². The monoisotopic (exact) mass is 182 g/mol. The molecule has 0 atom stereocenters. The number of nitrogens with two attached hydrogens (primary N) is 1. The van der Waals surface area contributed by atoms with E-state index in [1.807, 2.05) is 6.92 Å². The molecule has 0 amide bonds. The molecule has 0 rings (SSSR count). The van der Waals surface area contributed by atoms with Crippen molar-refractivity contribution in [1.29, 1.82) is 0 Å². The number of rotatable bonds is 1. The molecule has 0 heterocycles. The fraction of sp³-hybridized carbons (Fsp3) is 0.667. The summed E-state index contributed by atoms with van der Waals surface area (Å²) in [7, 11) is 0. The molecule has 0 aromatic heterocycles. The minimum Gasteiger partial charge on any atom is -0.362 e. The van der Waals surface area contributed by atoms with E-state index in [-0.39, 0.29) is 17.1 Å². The Morgan fingerprint density at radius 3 is 2.38 bits per heavy atom. The molecular formula is C3H9CuN3S. The van der Waals surface area contributed by atoms with Crippen LogP contribution in [0, 0.1) is 0 Å². The predicted molar refractivity (Wildman–Crippen MR) is 33.6 cm³/mol. The SMILES string of the molecule is CCNC(=S)NN.[Cu]. The van der Waals surface area contributed by atoms with Gasteiger partial charge in [-0.05, 0) is 19.1 Å². The quantitative estimate of drug-likeness (QED) is 0.218. The normalized spacial score (nSPS) is 6.75. The second-order valence-corrected chi connectivity index (χ2v) is 1.41. The van der Waals surface area contributed by atoms with Crippen LogP contribution in [0.5, 0.6) is 0 Å². The number of hydrogen-bond donors (Lipinski definition) is 3. The molecule has 0 spiro atoms. The summed E-state index contributed by atoms with van der Waals surface area (Å²) < 4.78 is 0. The molecule has 3 nitrogen and oxygen atoms in total. The molecule has 0 aromatic rings. The van der Waals surface area contributed by atoms with Crippen LogP contribution in [0.15, 0.2) is 0 Å². The fourth-order valence-electron chi connectivity index (χ4n) is 0.212. The van der Waals surface area contributed by atoms with E-state index in [0.717, 1.165) is 6.54 Å². The largest absolute Gasteiger partial charge is 0.362 e. The molecule has 1 radical (unpaired) electrons. The minimum atomic E-state index is 0. The van der Waals surface area contributed by atoms with Crippen molar-refractivity contribution < 1.29 is 17.1 Å². The zero-order chi connectivity index (χ0) is 5.70. The maximum atomic E-state index is 4.90. The van der Waals surface area contributed by atoms with Gasteiger partial charge in [-0.3, -0.25) is 0 Å². The second kappa shape index (κ2) is 7.17. The first kappa shape index (κ1) is 11.0. The van der Waals surface area contributed by atoms with Crippen LogP contribution in [-0.4, -0.2) is 11.7 Å². The molecule has 0 fully saturated rings. The van der Waals surface area contributed by atoms with Gasteiger partial charge in [-0.15, -0.1) is 0 Å². The maximum absolute atomic E-state index is 4.90. The van der Waals surface area contributed by atoms with E-state index in [0.29, 0.717) is 5.11 Å². The molecule has 8 heavy (non-hydrogen) atoms. The summed E-state index contributed by atoms with van der Waals surface area (Å²) in [6.07, 6.45) is 0. The van der Waals surface area contributed by atoms with Crippen LogP contribution in [0.3, 0.4) is 0 Å². The van der Waals surface area contributed by atoms with Crippen molar-refractivity contribution in [2.45, 2.75) is 6.92 Å². The minimum absolute atomic E-state index is 0. The summed E-state index contributed by atoms with van der Waals surface area (Å²) in [5.74, 6) is 4.90. The van der Waals surface area contributed by atoms with Gasteiger partial charge in [-0.2, -0.15) is 0 Å². The fourth-order valence-corrected chi connectivity index (χ4v) is 0.356. The predicted octanol–water partition coefficient (Wildman–Crippen LogP) is -0.658. The van der Waals surface area contributed by atoms with Crippen LogP contribution < -0.4 is 16.6 Å². The van der Waals surface area contributed by atoms with Gasteiger partial charge in [0.1, 0.15) is 0 Å². The Hall–Kier alpha value is 0.169. The van der Waals surface area contributed by atoms with Gasteiger partial charge in [-0.25, -0.2) is 5.84 Å². The Morgan fingerprint density at radius 2 is 2.25 bits per heavy atom. The summed E-state index contributed by atoms with van der Waals surface area (Å²) in [6, 6.07) is 0. The Kier molecular flexibility index (Phi) is 9.89. The molecule has 0 saturated carbocycles. The zero-order valence-electron chi connectivity index (χ0n) is 4.49. The van der Waals surface area contributed by atoms with E-state index in [1.165, 1.54) is 0 Å². The van der Waals surface area contributed by atoms with Gasteiger partial charge in [0.25, 0.3) is 0 Å². The molecule has 5 heteroatoms. The Balaban J connectivity index is 0. The van der Waals surface area contributed by atoms with Crippen LogP contribution in [0.25, 0.3) is 0 Å². The van der Waals surface area contributed by atoms with E-state index < -0.39 is 0 Å². The third kappa shape index (κ3) is 6.17. The zero-order valence-corrected chi connectivity index (χ0v) is 6.25. The van der Waals surface area contributed by atoms with Crippen molar-refractivity contribution in [1.82, 2.24) is 10.7 Å². The summed E-state index contributed by atoms with van der Waals surface area (Å²) >= 11 is 4.61. The summed E-state index contributed by atoms with van der Waals surface area (Å²) in [5.41, 5.74) is 2.29. The summed E-state index contributed by atoms with van der Waals surface area (Å²) in [6.45, 7) is 2.76. The number of nitrogens with one attached hydrogen (secondary N) is 2. The van der Waals surface area contributed by atoms with Crippen LogP contribution >= 0.6 is 12.2 Å². The van der Waals surface area contributed by atoms with Gasteiger partial charge >= 0.3 is 0 Å². The van der Waals surface area contributed by atoms with E-state index in [9.17, 15) is 0 Å². The van der Waals surface area contributed by atoms with Gasteiger partial charge in [0, 0.05) is 23.6 Å². The van der Waals surface area contributed by atoms with Gasteiger partial charge in [0.05, 0.1) is 0 Å². The summed E-state index contributed by atoms with van der Waals surface area (Å²) in [5, 5.41) is 3.28. The van der Waals surface area contributed by atoms with Crippen LogP contribution in [0.4, 0.5) is 0 Å². The first-order chi connectivity index (χ1) is 3.31. The molecule has 4 N–H and O–H groups in total. The van der Waals surface area contributed by atoms with Crippen LogP contribution in [0.1, 0.15) is 6.92 Å². The van der Waals surface area contributed by atoms with Crippen LogP contribution in [-0.2, 0) is 17.1 Å². The van der Waals surface area contributed by atoms with Gasteiger partial charge in [0.15, 0.2) is 5.11 Å². The Labute approximate surface area is 64.8 Å². The van der Waals surface area contributed by atoms with E-state index in [2.05, 4.69) is 23.0 Å². The van der Waals surface area contributed by atoms with E-state index in [4.69, 9.17) is 5.84 Å².